The van der Waals surface area contributed by atoms with E-state index in [2.05, 4.69) is 15.4 Å². The number of nitrogens with one attached hydrogen (secondary N) is 1. The molecule has 0 aliphatic rings. The molecule has 0 atom stereocenters. The fourth-order valence-electron chi connectivity index (χ4n) is 2.58. The molecule has 0 saturated carbocycles. The van der Waals surface area contributed by atoms with Gasteiger partial charge in [0, 0.05) is 17.1 Å². The van der Waals surface area contributed by atoms with Gasteiger partial charge in [-0.25, -0.2) is 9.67 Å². The number of benzene rings is 2. The lowest BCUT2D eigenvalue weighted by atomic mass is 10.1. The van der Waals surface area contributed by atoms with Crippen LogP contribution in [0.3, 0.4) is 0 Å². The number of hydrogen-bond donors (Lipinski definition) is 1. The second kappa shape index (κ2) is 7.11. The van der Waals surface area contributed by atoms with Crippen molar-refractivity contribution in [3.63, 3.8) is 0 Å². The molecular weight excluding hydrogens is 368 g/mol. The Bertz CT molecular complexity index is 1030. The van der Waals surface area contributed by atoms with Gasteiger partial charge < -0.3 is 0 Å². The number of hydrogen-bond acceptors (Lipinski definition) is 4. The smallest absolute Gasteiger partial charge is 0.262 e. The van der Waals surface area contributed by atoms with Crippen LogP contribution in [0.5, 0.6) is 0 Å². The first-order valence-electron chi connectivity index (χ1n) is 7.84. The minimum atomic E-state index is -0.342. The summed E-state index contributed by atoms with van der Waals surface area (Å²) in [6.07, 6.45) is 1.63. The van der Waals surface area contributed by atoms with Gasteiger partial charge >= 0.3 is 0 Å². The third kappa shape index (κ3) is 3.12. The molecule has 7 heteroatoms. The molecular formula is C19H13ClN4OS. The van der Waals surface area contributed by atoms with Gasteiger partial charge in [-0.05, 0) is 12.1 Å². The minimum Gasteiger partial charge on any atom is -0.298 e. The Balaban J connectivity index is 1.85. The predicted octanol–water partition coefficient (Wildman–Crippen LogP) is 4.90. The van der Waals surface area contributed by atoms with E-state index in [1.165, 1.54) is 11.3 Å². The van der Waals surface area contributed by atoms with Gasteiger partial charge in [0.2, 0.25) is 0 Å². The van der Waals surface area contributed by atoms with Gasteiger partial charge in [-0.3, -0.25) is 10.1 Å². The summed E-state index contributed by atoms with van der Waals surface area (Å²) in [4.78, 5) is 17.0. The maximum Gasteiger partial charge on any atom is 0.262 e. The highest BCUT2D eigenvalue weighted by Crippen LogP contribution is 2.31. The van der Waals surface area contributed by atoms with Crippen LogP contribution in [-0.4, -0.2) is 20.7 Å². The van der Waals surface area contributed by atoms with Crippen molar-refractivity contribution in [3.8, 4) is 16.9 Å². The van der Waals surface area contributed by atoms with Gasteiger partial charge in [-0.2, -0.15) is 5.10 Å². The van der Waals surface area contributed by atoms with Gasteiger partial charge in [0.05, 0.1) is 5.69 Å². The third-order valence-corrected chi connectivity index (χ3v) is 4.79. The van der Waals surface area contributed by atoms with Crippen LogP contribution in [0, 0.1) is 0 Å². The summed E-state index contributed by atoms with van der Waals surface area (Å²) in [6, 6.07) is 19.0. The molecule has 2 heterocycles. The molecule has 0 radical (unpaired) electrons. The number of thiazole rings is 1. The number of anilines is 1. The van der Waals surface area contributed by atoms with E-state index in [9.17, 15) is 4.79 Å². The van der Waals surface area contributed by atoms with Crippen LogP contribution in [0.15, 0.2) is 72.2 Å². The molecule has 0 fully saturated rings. The predicted molar refractivity (Wildman–Crippen MR) is 104 cm³/mol. The van der Waals surface area contributed by atoms with Crippen molar-refractivity contribution in [2.75, 3.05) is 5.32 Å². The van der Waals surface area contributed by atoms with Gasteiger partial charge in [-0.1, -0.05) is 60.1 Å². The lowest BCUT2D eigenvalue weighted by Crippen LogP contribution is -2.12. The minimum absolute atomic E-state index is 0.254. The van der Waals surface area contributed by atoms with E-state index in [-0.39, 0.29) is 11.1 Å². The monoisotopic (exact) mass is 380 g/mol. The highest BCUT2D eigenvalue weighted by atomic mass is 35.5. The van der Waals surface area contributed by atoms with Gasteiger partial charge in [0.25, 0.3) is 5.91 Å². The molecule has 0 unspecified atom stereocenters. The molecule has 4 aromatic rings. The van der Waals surface area contributed by atoms with Crippen molar-refractivity contribution < 1.29 is 4.79 Å². The fraction of sp³-hybridized carbons (Fsp3) is 0. The summed E-state index contributed by atoms with van der Waals surface area (Å²) >= 11 is 7.91. The second-order valence-corrected chi connectivity index (χ2v) is 6.67. The molecule has 2 aromatic heterocycles. The zero-order valence-electron chi connectivity index (χ0n) is 13.5. The summed E-state index contributed by atoms with van der Waals surface area (Å²) in [6.45, 7) is 0. The number of carbonyl (C=O) groups is 1. The topological polar surface area (TPSA) is 59.8 Å². The Labute approximate surface area is 158 Å². The molecule has 0 spiro atoms. The molecule has 1 N–H and O–H groups in total. The number of amides is 1. The Kier molecular flexibility index (Phi) is 4.51. The number of carbonyl (C=O) groups excluding carboxylic acids is 1. The standard InChI is InChI=1S/C19H13ClN4OS/c20-17-15(18(25)22-19-21-11-12-26-19)16(13-7-3-1-4-8-13)23-24(17)14-9-5-2-6-10-14/h1-12H,(H,21,22,25). The molecule has 5 nitrogen and oxygen atoms in total. The maximum absolute atomic E-state index is 12.9. The Hall–Kier alpha value is -2.96. The highest BCUT2D eigenvalue weighted by molar-refractivity contribution is 7.13. The Morgan fingerprint density at radius 1 is 1.04 bits per heavy atom. The van der Waals surface area contributed by atoms with E-state index >= 15 is 0 Å². The SMILES string of the molecule is O=C(Nc1nccs1)c1c(-c2ccccc2)nn(-c2ccccc2)c1Cl. The van der Waals surface area contributed by atoms with E-state index < -0.39 is 0 Å². The van der Waals surface area contributed by atoms with Crippen molar-refractivity contribution in [3.05, 3.63) is 83.0 Å². The molecule has 1 amide bonds. The largest absolute Gasteiger partial charge is 0.298 e. The van der Waals surface area contributed by atoms with Crippen molar-refractivity contribution in [1.29, 1.82) is 0 Å². The third-order valence-electron chi connectivity index (χ3n) is 3.76. The Morgan fingerprint density at radius 3 is 2.38 bits per heavy atom. The fourth-order valence-corrected chi connectivity index (χ4v) is 3.42. The molecule has 0 saturated heterocycles. The van der Waals surface area contributed by atoms with Crippen molar-refractivity contribution in [2.45, 2.75) is 0 Å². The number of nitrogens with zero attached hydrogens (tertiary/aromatic N) is 3. The average Bonchev–Trinajstić information content (AvgIpc) is 3.30. The van der Waals surface area contributed by atoms with Gasteiger partial charge in [0.1, 0.15) is 16.4 Å². The van der Waals surface area contributed by atoms with Gasteiger partial charge in [0.15, 0.2) is 5.13 Å². The number of halogens is 1. The van der Waals surface area contributed by atoms with Crippen LogP contribution in [0.2, 0.25) is 5.15 Å². The molecule has 2 aromatic carbocycles. The molecule has 4 rings (SSSR count). The average molecular weight is 381 g/mol. The van der Waals surface area contributed by atoms with Crippen molar-refractivity contribution in [1.82, 2.24) is 14.8 Å². The zero-order valence-corrected chi connectivity index (χ0v) is 15.0. The molecule has 0 aliphatic heterocycles. The zero-order chi connectivity index (χ0) is 17.9. The lowest BCUT2D eigenvalue weighted by molar-refractivity contribution is 0.102. The summed E-state index contributed by atoms with van der Waals surface area (Å²) < 4.78 is 1.57. The first kappa shape index (κ1) is 16.5. The normalized spacial score (nSPS) is 10.7. The van der Waals surface area contributed by atoms with Crippen LogP contribution in [-0.2, 0) is 0 Å². The molecule has 0 bridgehead atoms. The molecule has 0 aliphatic carbocycles. The molecule has 128 valence electrons. The van der Waals surface area contributed by atoms with E-state index in [1.807, 2.05) is 60.7 Å². The first-order chi connectivity index (χ1) is 12.7. The van der Waals surface area contributed by atoms with E-state index in [4.69, 9.17) is 11.6 Å². The summed E-state index contributed by atoms with van der Waals surface area (Å²) in [5.41, 5.74) is 2.43. The van der Waals surface area contributed by atoms with Crippen LogP contribution < -0.4 is 5.32 Å². The first-order valence-corrected chi connectivity index (χ1v) is 9.10. The second-order valence-electron chi connectivity index (χ2n) is 5.42. The van der Waals surface area contributed by atoms with E-state index in [0.717, 1.165) is 11.3 Å². The number of aromatic nitrogens is 3. The van der Waals surface area contributed by atoms with Crippen LogP contribution >= 0.6 is 22.9 Å². The lowest BCUT2D eigenvalue weighted by Gasteiger charge is -2.04. The van der Waals surface area contributed by atoms with E-state index in [0.29, 0.717) is 16.4 Å². The van der Waals surface area contributed by atoms with Crippen LogP contribution in [0.4, 0.5) is 5.13 Å². The summed E-state index contributed by atoms with van der Waals surface area (Å²) in [5.74, 6) is -0.342. The highest BCUT2D eigenvalue weighted by Gasteiger charge is 2.25. The van der Waals surface area contributed by atoms with Crippen LogP contribution in [0.1, 0.15) is 10.4 Å². The molecule has 26 heavy (non-hydrogen) atoms. The van der Waals surface area contributed by atoms with Gasteiger partial charge in [-0.15, -0.1) is 11.3 Å². The summed E-state index contributed by atoms with van der Waals surface area (Å²) in [7, 11) is 0. The van der Waals surface area contributed by atoms with Crippen molar-refractivity contribution in [2.24, 2.45) is 0 Å². The summed E-state index contributed by atoms with van der Waals surface area (Å²) in [5, 5.41) is 9.95. The maximum atomic E-state index is 12.9. The van der Waals surface area contributed by atoms with Crippen molar-refractivity contribution >= 4 is 34.0 Å². The van der Waals surface area contributed by atoms with Crippen LogP contribution in [0.25, 0.3) is 16.9 Å². The van der Waals surface area contributed by atoms with E-state index in [1.54, 1.807) is 16.3 Å². The number of para-hydroxylation sites is 1. The Morgan fingerprint density at radius 2 is 1.73 bits per heavy atom. The number of rotatable bonds is 4. The quantitative estimate of drug-likeness (QED) is 0.547.